The molecule has 0 saturated heterocycles. The van der Waals surface area contributed by atoms with E-state index in [0.29, 0.717) is 24.0 Å². The number of hydrogen-bond acceptors (Lipinski definition) is 3. The lowest BCUT2D eigenvalue weighted by Crippen LogP contribution is -2.46. The number of ether oxygens (including phenoxy) is 1. The molecular formula is C17H20O3. The summed E-state index contributed by atoms with van der Waals surface area (Å²) in [5.74, 6) is 0.171. The summed E-state index contributed by atoms with van der Waals surface area (Å²) in [6, 6.07) is 7.15. The highest BCUT2D eigenvalue weighted by Crippen LogP contribution is 2.57. The third kappa shape index (κ3) is 1.48. The Morgan fingerprint density at radius 1 is 1.35 bits per heavy atom. The lowest BCUT2D eigenvalue weighted by atomic mass is 9.67. The first-order chi connectivity index (χ1) is 9.53. The highest BCUT2D eigenvalue weighted by molar-refractivity contribution is 6.07. The Bertz CT molecular complexity index is 592. The van der Waals surface area contributed by atoms with Gasteiger partial charge in [-0.2, -0.15) is 0 Å². The second-order valence-corrected chi connectivity index (χ2v) is 5.08. The zero-order valence-corrected chi connectivity index (χ0v) is 12.2. The van der Waals surface area contributed by atoms with E-state index in [0.717, 1.165) is 0 Å². The summed E-state index contributed by atoms with van der Waals surface area (Å²) in [4.78, 5) is 12.9. The number of carbonyl (C=O) groups is 1. The third-order valence-electron chi connectivity index (χ3n) is 4.59. The van der Waals surface area contributed by atoms with E-state index >= 15 is 0 Å². The molecule has 1 aliphatic carbocycles. The first-order valence-corrected chi connectivity index (χ1v) is 6.84. The van der Waals surface area contributed by atoms with Gasteiger partial charge in [-0.15, -0.1) is 0 Å². The van der Waals surface area contributed by atoms with Crippen molar-refractivity contribution < 1.29 is 14.6 Å². The van der Waals surface area contributed by atoms with E-state index in [1.54, 1.807) is 12.1 Å². The van der Waals surface area contributed by atoms with Gasteiger partial charge in [-0.1, -0.05) is 50.4 Å². The van der Waals surface area contributed by atoms with E-state index in [-0.39, 0.29) is 11.5 Å². The van der Waals surface area contributed by atoms with Gasteiger partial charge in [-0.3, -0.25) is 4.79 Å². The monoisotopic (exact) mass is 272 g/mol. The number of methoxy groups -OCH3 is 1. The van der Waals surface area contributed by atoms with Gasteiger partial charge in [0.2, 0.25) is 0 Å². The van der Waals surface area contributed by atoms with Gasteiger partial charge < -0.3 is 9.84 Å². The topological polar surface area (TPSA) is 46.5 Å². The van der Waals surface area contributed by atoms with Crippen LogP contribution in [0.15, 0.2) is 42.3 Å². The summed E-state index contributed by atoms with van der Waals surface area (Å²) in [6.07, 6.45) is 1.03. The lowest BCUT2D eigenvalue weighted by Gasteiger charge is -2.40. The number of hydrogen-bond donors (Lipinski definition) is 1. The molecule has 0 amide bonds. The molecule has 1 unspecified atom stereocenters. The van der Waals surface area contributed by atoms with Gasteiger partial charge in [-0.05, 0) is 12.8 Å². The molecule has 2 rings (SSSR count). The lowest BCUT2D eigenvalue weighted by molar-refractivity contribution is -0.0692. The van der Waals surface area contributed by atoms with Crippen molar-refractivity contribution in [1.29, 1.82) is 0 Å². The molecule has 0 heterocycles. The van der Waals surface area contributed by atoms with Crippen LogP contribution in [0.5, 0.6) is 0 Å². The normalized spacial score (nSPS) is 23.1. The molecule has 3 nitrogen and oxygen atoms in total. The van der Waals surface area contributed by atoms with Crippen LogP contribution in [0.3, 0.4) is 0 Å². The van der Waals surface area contributed by atoms with Crippen molar-refractivity contribution in [2.75, 3.05) is 7.11 Å². The van der Waals surface area contributed by atoms with Crippen LogP contribution in [-0.4, -0.2) is 18.0 Å². The van der Waals surface area contributed by atoms with Gasteiger partial charge in [0, 0.05) is 11.1 Å². The number of benzene rings is 1. The molecule has 1 N–H and O–H groups in total. The molecule has 0 saturated carbocycles. The molecule has 0 aliphatic heterocycles. The molecule has 0 radical (unpaired) electrons. The Hall–Kier alpha value is -1.83. The van der Waals surface area contributed by atoms with Crippen LogP contribution in [-0.2, 0) is 10.3 Å². The maximum atomic E-state index is 12.9. The van der Waals surface area contributed by atoms with Crippen molar-refractivity contribution in [2.24, 2.45) is 5.41 Å². The molecule has 106 valence electrons. The summed E-state index contributed by atoms with van der Waals surface area (Å²) < 4.78 is 5.29. The van der Waals surface area contributed by atoms with Crippen LogP contribution in [0.1, 0.15) is 42.6 Å². The zero-order valence-electron chi connectivity index (χ0n) is 12.2. The maximum Gasteiger partial charge on any atom is 0.174 e. The summed E-state index contributed by atoms with van der Waals surface area (Å²) >= 11 is 0. The van der Waals surface area contributed by atoms with Crippen LogP contribution in [0.4, 0.5) is 0 Å². The largest absolute Gasteiger partial charge is 0.490 e. The van der Waals surface area contributed by atoms with Gasteiger partial charge in [0.15, 0.2) is 17.1 Å². The molecule has 1 aliphatic rings. The Morgan fingerprint density at radius 2 is 1.95 bits per heavy atom. The summed E-state index contributed by atoms with van der Waals surface area (Å²) in [7, 11) is 1.47. The van der Waals surface area contributed by atoms with E-state index < -0.39 is 11.0 Å². The number of ketones is 1. The molecule has 20 heavy (non-hydrogen) atoms. The Balaban J connectivity index is 2.86. The molecule has 0 bridgehead atoms. The maximum absolute atomic E-state index is 12.9. The van der Waals surface area contributed by atoms with Gasteiger partial charge in [0.25, 0.3) is 0 Å². The second-order valence-electron chi connectivity index (χ2n) is 5.08. The third-order valence-corrected chi connectivity index (χ3v) is 4.59. The van der Waals surface area contributed by atoms with Crippen LogP contribution in [0, 0.1) is 5.41 Å². The number of aliphatic hydroxyl groups is 1. The number of rotatable bonds is 4. The second kappa shape index (κ2) is 4.93. The number of carbonyl (C=O) groups excluding carboxylic acids is 1. The Morgan fingerprint density at radius 3 is 2.45 bits per heavy atom. The standard InChI is InChI=1S/C17H20O3/c1-5-14(20-4)17(19)13-11-9-8-10-12(13)15(18)16(17,6-2)7-3/h8-11,19H,1,6-7H2,2-4H3. The first kappa shape index (κ1) is 14.6. The van der Waals surface area contributed by atoms with E-state index in [1.807, 2.05) is 26.0 Å². The van der Waals surface area contributed by atoms with Crippen LogP contribution < -0.4 is 0 Å². The zero-order chi connectivity index (χ0) is 15.0. The minimum absolute atomic E-state index is 0.0367. The van der Waals surface area contributed by atoms with Crippen LogP contribution in [0.25, 0.3) is 0 Å². The first-order valence-electron chi connectivity index (χ1n) is 6.84. The van der Waals surface area contributed by atoms with E-state index in [2.05, 4.69) is 12.3 Å². The predicted molar refractivity (Wildman–Crippen MR) is 77.3 cm³/mol. The van der Waals surface area contributed by atoms with Crippen LogP contribution >= 0.6 is 0 Å². The van der Waals surface area contributed by atoms with Crippen molar-refractivity contribution in [3.63, 3.8) is 0 Å². The predicted octanol–water partition coefficient (Wildman–Crippen LogP) is 3.19. The summed E-state index contributed by atoms with van der Waals surface area (Å²) in [5, 5.41) is 11.4. The molecule has 1 atom stereocenters. The van der Waals surface area contributed by atoms with Crippen molar-refractivity contribution in [3.05, 3.63) is 53.5 Å². The van der Waals surface area contributed by atoms with E-state index in [9.17, 15) is 9.90 Å². The van der Waals surface area contributed by atoms with Gasteiger partial charge in [-0.25, -0.2) is 0 Å². The summed E-state index contributed by atoms with van der Waals surface area (Å²) in [6.45, 7) is 7.42. The van der Waals surface area contributed by atoms with Gasteiger partial charge in [0.1, 0.15) is 0 Å². The molecule has 1 aromatic carbocycles. The average Bonchev–Trinajstić information content (AvgIpc) is 2.68. The highest BCUT2D eigenvalue weighted by Gasteiger charge is 2.63. The van der Waals surface area contributed by atoms with Gasteiger partial charge >= 0.3 is 0 Å². The fourth-order valence-electron chi connectivity index (χ4n) is 3.45. The van der Waals surface area contributed by atoms with Crippen molar-refractivity contribution >= 4 is 5.78 Å². The smallest absolute Gasteiger partial charge is 0.174 e. The molecule has 1 aromatic rings. The molecule has 3 heteroatoms. The fraction of sp³-hybridized carbons (Fsp3) is 0.412. The van der Waals surface area contributed by atoms with Crippen molar-refractivity contribution in [2.45, 2.75) is 32.3 Å². The molecular weight excluding hydrogens is 252 g/mol. The molecule has 0 aromatic heterocycles. The summed E-state index contributed by atoms with van der Waals surface area (Å²) in [5.41, 5.74) is 1.38. The van der Waals surface area contributed by atoms with Gasteiger partial charge in [0.05, 0.1) is 12.5 Å². The Kier molecular flexibility index (Phi) is 3.59. The average molecular weight is 272 g/mol. The van der Waals surface area contributed by atoms with Crippen molar-refractivity contribution in [3.8, 4) is 0 Å². The minimum Gasteiger partial charge on any atom is -0.490 e. The Labute approximate surface area is 119 Å². The number of Topliss-reactive ketones (excluding diaryl/α,β-unsaturated/α-hetero) is 1. The molecule has 0 fully saturated rings. The quantitative estimate of drug-likeness (QED) is 0.676. The van der Waals surface area contributed by atoms with E-state index in [4.69, 9.17) is 4.74 Å². The SMILES string of the molecule is C=C=C(OC)C1(O)c2ccccc2C(=O)C1(CC)CC. The fourth-order valence-corrected chi connectivity index (χ4v) is 3.45. The van der Waals surface area contributed by atoms with Crippen LogP contribution in [0.2, 0.25) is 0 Å². The minimum atomic E-state index is -1.50. The highest BCUT2D eigenvalue weighted by atomic mass is 16.5. The van der Waals surface area contributed by atoms with Crippen molar-refractivity contribution in [1.82, 2.24) is 0 Å². The molecule has 0 spiro atoms. The van der Waals surface area contributed by atoms with E-state index in [1.165, 1.54) is 7.11 Å². The number of fused-ring (bicyclic) bond motifs is 1.